The lowest BCUT2D eigenvalue weighted by Crippen LogP contribution is -2.13. The first-order valence-electron chi connectivity index (χ1n) is 4.78. The number of aromatic nitrogens is 3. The highest BCUT2D eigenvalue weighted by atomic mass is 35.5. The Hall–Kier alpha value is -2.41. The molecule has 18 heavy (non-hydrogen) atoms. The molecular formula is C10H7ClN4O3. The van der Waals surface area contributed by atoms with E-state index in [1.165, 1.54) is 24.4 Å². The van der Waals surface area contributed by atoms with E-state index < -0.39 is 11.9 Å². The Labute approximate surface area is 106 Å². The number of nitrogens with one attached hydrogen (secondary N) is 2. The van der Waals surface area contributed by atoms with Crippen molar-refractivity contribution in [1.29, 1.82) is 0 Å². The molecule has 0 fully saturated rings. The molecule has 0 radical (unpaired) electrons. The minimum absolute atomic E-state index is 0.0883. The fourth-order valence-corrected chi connectivity index (χ4v) is 1.47. The molecule has 2 rings (SSSR count). The predicted octanol–water partition coefficient (Wildman–Crippen LogP) is 1.41. The lowest BCUT2D eigenvalue weighted by molar-refractivity contribution is 0.0696. The van der Waals surface area contributed by atoms with Crippen LogP contribution in [-0.4, -0.2) is 32.4 Å². The molecule has 0 saturated carbocycles. The van der Waals surface area contributed by atoms with E-state index in [1.807, 2.05) is 0 Å². The molecule has 0 aliphatic heterocycles. The molecule has 0 spiro atoms. The van der Waals surface area contributed by atoms with Crippen LogP contribution in [0.3, 0.4) is 0 Å². The van der Waals surface area contributed by atoms with Gasteiger partial charge >= 0.3 is 5.97 Å². The van der Waals surface area contributed by atoms with Crippen LogP contribution in [0.1, 0.15) is 20.8 Å². The largest absolute Gasteiger partial charge is 0.478 e. The molecule has 1 amide bonds. The summed E-state index contributed by atoms with van der Waals surface area (Å²) in [5.41, 5.74) is 0.321. The molecule has 92 valence electrons. The number of aromatic amines is 1. The third kappa shape index (κ3) is 2.46. The number of nitrogens with zero attached hydrogens (tertiary/aromatic N) is 2. The summed E-state index contributed by atoms with van der Waals surface area (Å²) in [5, 5.41) is 20.9. The van der Waals surface area contributed by atoms with E-state index in [1.54, 1.807) is 0 Å². The second-order valence-electron chi connectivity index (χ2n) is 3.31. The van der Waals surface area contributed by atoms with Gasteiger partial charge in [0.2, 0.25) is 0 Å². The maximum Gasteiger partial charge on any atom is 0.337 e. The van der Waals surface area contributed by atoms with E-state index in [4.69, 9.17) is 16.7 Å². The van der Waals surface area contributed by atoms with Crippen LogP contribution in [0, 0.1) is 0 Å². The minimum Gasteiger partial charge on any atom is -0.478 e. The number of carbonyl (C=O) groups is 2. The van der Waals surface area contributed by atoms with Crippen LogP contribution >= 0.6 is 11.6 Å². The zero-order valence-corrected chi connectivity index (χ0v) is 9.60. The van der Waals surface area contributed by atoms with Crippen molar-refractivity contribution >= 4 is 29.2 Å². The van der Waals surface area contributed by atoms with Gasteiger partial charge in [-0.25, -0.2) is 4.79 Å². The number of carboxylic acids is 1. The molecule has 1 heterocycles. The Balaban J connectivity index is 2.22. The van der Waals surface area contributed by atoms with Crippen LogP contribution in [0.25, 0.3) is 0 Å². The molecule has 3 N–H and O–H groups in total. The van der Waals surface area contributed by atoms with Gasteiger partial charge in [0, 0.05) is 5.69 Å². The van der Waals surface area contributed by atoms with Crippen LogP contribution in [0.4, 0.5) is 5.69 Å². The number of benzene rings is 1. The summed E-state index contributed by atoms with van der Waals surface area (Å²) in [7, 11) is 0. The van der Waals surface area contributed by atoms with Gasteiger partial charge in [0.05, 0.1) is 16.8 Å². The number of aromatic carboxylic acids is 1. The number of rotatable bonds is 3. The second kappa shape index (κ2) is 4.84. The fourth-order valence-electron chi connectivity index (χ4n) is 1.27. The van der Waals surface area contributed by atoms with E-state index in [0.29, 0.717) is 5.69 Å². The third-order valence-electron chi connectivity index (χ3n) is 2.10. The van der Waals surface area contributed by atoms with Gasteiger partial charge in [-0.05, 0) is 18.2 Å². The van der Waals surface area contributed by atoms with Crippen molar-refractivity contribution in [3.63, 3.8) is 0 Å². The molecular weight excluding hydrogens is 260 g/mol. The topological polar surface area (TPSA) is 108 Å². The number of H-pyrrole nitrogens is 1. The molecule has 0 bridgehead atoms. The summed E-state index contributed by atoms with van der Waals surface area (Å²) >= 11 is 5.71. The molecule has 7 nitrogen and oxygen atoms in total. The molecule has 0 aliphatic rings. The van der Waals surface area contributed by atoms with Gasteiger partial charge in [-0.3, -0.25) is 4.79 Å². The van der Waals surface area contributed by atoms with Gasteiger partial charge in [0.15, 0.2) is 5.69 Å². The Bertz CT molecular complexity index is 597. The monoisotopic (exact) mass is 266 g/mol. The Morgan fingerprint density at radius 1 is 1.39 bits per heavy atom. The van der Waals surface area contributed by atoms with Crippen LogP contribution < -0.4 is 5.32 Å². The fraction of sp³-hybridized carbons (Fsp3) is 0. The van der Waals surface area contributed by atoms with Gasteiger partial charge in [0.25, 0.3) is 5.91 Å². The molecule has 1 aromatic heterocycles. The minimum atomic E-state index is -1.17. The van der Waals surface area contributed by atoms with E-state index in [-0.39, 0.29) is 16.3 Å². The number of hydrogen-bond donors (Lipinski definition) is 3. The van der Waals surface area contributed by atoms with E-state index in [9.17, 15) is 9.59 Å². The van der Waals surface area contributed by atoms with Crippen LogP contribution in [-0.2, 0) is 0 Å². The van der Waals surface area contributed by atoms with Crippen molar-refractivity contribution in [2.45, 2.75) is 0 Å². The first-order valence-corrected chi connectivity index (χ1v) is 5.15. The molecule has 2 aromatic rings. The van der Waals surface area contributed by atoms with Gasteiger partial charge in [-0.1, -0.05) is 11.6 Å². The van der Waals surface area contributed by atoms with Gasteiger partial charge in [-0.2, -0.15) is 15.4 Å². The van der Waals surface area contributed by atoms with Crippen LogP contribution in [0.5, 0.6) is 0 Å². The number of anilines is 1. The van der Waals surface area contributed by atoms with Crippen molar-refractivity contribution in [1.82, 2.24) is 15.4 Å². The maximum absolute atomic E-state index is 11.6. The quantitative estimate of drug-likeness (QED) is 0.778. The van der Waals surface area contributed by atoms with Gasteiger partial charge < -0.3 is 10.4 Å². The predicted molar refractivity (Wildman–Crippen MR) is 62.7 cm³/mol. The number of amides is 1. The first-order chi connectivity index (χ1) is 8.58. The lowest BCUT2D eigenvalue weighted by atomic mass is 10.2. The van der Waals surface area contributed by atoms with Crippen molar-refractivity contribution in [2.24, 2.45) is 0 Å². The molecule has 0 atom stereocenters. The molecule has 0 unspecified atom stereocenters. The van der Waals surface area contributed by atoms with Crippen LogP contribution in [0.2, 0.25) is 5.02 Å². The highest BCUT2D eigenvalue weighted by molar-refractivity contribution is 6.33. The van der Waals surface area contributed by atoms with Gasteiger partial charge in [-0.15, -0.1) is 0 Å². The second-order valence-corrected chi connectivity index (χ2v) is 3.72. The molecule has 0 saturated heterocycles. The highest BCUT2D eigenvalue weighted by Gasteiger charge is 2.12. The zero-order chi connectivity index (χ0) is 13.1. The van der Waals surface area contributed by atoms with E-state index in [0.717, 1.165) is 0 Å². The summed E-state index contributed by atoms with van der Waals surface area (Å²) in [6.07, 6.45) is 1.25. The standard InChI is InChI=1S/C10H7ClN4O3/c11-7-2-1-5(3-6(7)10(17)18)13-9(16)8-4-12-15-14-8/h1-4H,(H,13,16)(H,17,18)(H,12,14,15). The average molecular weight is 267 g/mol. The number of halogens is 1. The number of carbonyl (C=O) groups excluding carboxylic acids is 1. The number of carboxylic acid groups (broad SMARTS) is 1. The Morgan fingerprint density at radius 2 is 2.17 bits per heavy atom. The first kappa shape index (κ1) is 12.1. The van der Waals surface area contributed by atoms with Crippen molar-refractivity contribution in [2.75, 3.05) is 5.32 Å². The van der Waals surface area contributed by atoms with Crippen molar-refractivity contribution in [3.8, 4) is 0 Å². The summed E-state index contributed by atoms with van der Waals surface area (Å²) in [5.74, 6) is -1.67. The Kier molecular flexibility index (Phi) is 3.24. The highest BCUT2D eigenvalue weighted by Crippen LogP contribution is 2.20. The van der Waals surface area contributed by atoms with E-state index in [2.05, 4.69) is 20.7 Å². The van der Waals surface area contributed by atoms with E-state index >= 15 is 0 Å². The molecule has 0 aliphatic carbocycles. The van der Waals surface area contributed by atoms with Gasteiger partial charge in [0.1, 0.15) is 0 Å². The zero-order valence-electron chi connectivity index (χ0n) is 8.85. The van der Waals surface area contributed by atoms with Crippen LogP contribution in [0.15, 0.2) is 24.4 Å². The third-order valence-corrected chi connectivity index (χ3v) is 2.43. The summed E-state index contributed by atoms with van der Waals surface area (Å²) in [6.45, 7) is 0. The average Bonchev–Trinajstić information content (AvgIpc) is 2.85. The van der Waals surface area contributed by atoms with Crippen molar-refractivity contribution < 1.29 is 14.7 Å². The summed E-state index contributed by atoms with van der Waals surface area (Å²) in [4.78, 5) is 22.5. The molecule has 8 heteroatoms. The smallest absolute Gasteiger partial charge is 0.337 e. The Morgan fingerprint density at radius 3 is 2.78 bits per heavy atom. The molecule has 1 aromatic carbocycles. The number of hydrogen-bond acceptors (Lipinski definition) is 4. The lowest BCUT2D eigenvalue weighted by Gasteiger charge is -2.05. The SMILES string of the molecule is O=C(Nc1ccc(Cl)c(C(=O)O)c1)c1cn[nH]n1. The van der Waals surface area contributed by atoms with Crippen molar-refractivity contribution in [3.05, 3.63) is 40.7 Å². The summed E-state index contributed by atoms with van der Waals surface area (Å²) < 4.78 is 0. The maximum atomic E-state index is 11.6. The summed E-state index contributed by atoms with van der Waals surface area (Å²) in [6, 6.07) is 4.15. The normalized spacial score (nSPS) is 10.1.